The molecule has 0 aliphatic heterocycles. The Kier molecular flexibility index (Phi) is 10.2. The standard InChI is InChI=1S/C28H44O4/c1-3-7-25(8-4-1)29-21-31-27-17-13-23(14-18-27)11-12-24-15-19-28(20-16-24)32-22-30-26-9-5-2-6-10-26/h1,3-4,7-8,23-24,26-28H,2,5-6,9-22H2. The van der Waals surface area contributed by atoms with Crippen molar-refractivity contribution in [1.29, 1.82) is 0 Å². The van der Waals surface area contributed by atoms with Crippen molar-refractivity contribution in [3.63, 3.8) is 0 Å². The van der Waals surface area contributed by atoms with Crippen LogP contribution in [0, 0.1) is 11.8 Å². The summed E-state index contributed by atoms with van der Waals surface area (Å²) in [6, 6.07) is 9.94. The largest absolute Gasteiger partial charge is 0.468 e. The van der Waals surface area contributed by atoms with Crippen LogP contribution in [0.3, 0.4) is 0 Å². The first-order valence-corrected chi connectivity index (χ1v) is 13.4. The van der Waals surface area contributed by atoms with E-state index in [1.807, 2.05) is 30.3 Å². The lowest BCUT2D eigenvalue weighted by Crippen LogP contribution is -2.26. The van der Waals surface area contributed by atoms with E-state index in [4.69, 9.17) is 18.9 Å². The molecule has 0 bridgehead atoms. The fraction of sp³-hybridized carbons (Fsp3) is 0.786. The number of benzene rings is 1. The number of hydrogen-bond acceptors (Lipinski definition) is 4. The van der Waals surface area contributed by atoms with Crippen LogP contribution in [0.25, 0.3) is 0 Å². The van der Waals surface area contributed by atoms with E-state index < -0.39 is 0 Å². The maximum Gasteiger partial charge on any atom is 0.189 e. The minimum Gasteiger partial charge on any atom is -0.468 e. The van der Waals surface area contributed by atoms with Gasteiger partial charge in [0.25, 0.3) is 0 Å². The van der Waals surface area contributed by atoms with Gasteiger partial charge in [0.1, 0.15) is 12.5 Å². The molecule has 3 saturated carbocycles. The van der Waals surface area contributed by atoms with Gasteiger partial charge in [-0.3, -0.25) is 0 Å². The summed E-state index contributed by atoms with van der Waals surface area (Å²) in [5, 5.41) is 0. The summed E-state index contributed by atoms with van der Waals surface area (Å²) in [5.74, 6) is 2.68. The molecule has 1 aromatic carbocycles. The number of para-hydroxylation sites is 1. The zero-order valence-corrected chi connectivity index (χ0v) is 19.9. The highest BCUT2D eigenvalue weighted by Gasteiger charge is 2.25. The topological polar surface area (TPSA) is 36.9 Å². The van der Waals surface area contributed by atoms with E-state index in [0.717, 1.165) is 17.6 Å². The van der Waals surface area contributed by atoms with Gasteiger partial charge in [0.05, 0.1) is 18.3 Å². The van der Waals surface area contributed by atoms with Gasteiger partial charge in [0.2, 0.25) is 0 Å². The van der Waals surface area contributed by atoms with Crippen LogP contribution in [0.4, 0.5) is 0 Å². The zero-order chi connectivity index (χ0) is 21.8. The first kappa shape index (κ1) is 24.0. The summed E-state index contributed by atoms with van der Waals surface area (Å²) in [6.07, 6.45) is 20.7. The fourth-order valence-corrected chi connectivity index (χ4v) is 5.82. The molecule has 1 aromatic rings. The van der Waals surface area contributed by atoms with Crippen molar-refractivity contribution in [2.75, 3.05) is 13.6 Å². The molecule has 4 heteroatoms. The third-order valence-electron chi connectivity index (χ3n) is 8.00. The molecule has 0 spiro atoms. The average molecular weight is 445 g/mol. The van der Waals surface area contributed by atoms with E-state index in [1.165, 1.54) is 96.3 Å². The second-order valence-corrected chi connectivity index (χ2v) is 10.3. The van der Waals surface area contributed by atoms with E-state index in [9.17, 15) is 0 Å². The van der Waals surface area contributed by atoms with Crippen molar-refractivity contribution < 1.29 is 18.9 Å². The molecule has 0 saturated heterocycles. The van der Waals surface area contributed by atoms with Crippen LogP contribution in [-0.2, 0) is 14.2 Å². The molecule has 4 rings (SSSR count). The monoisotopic (exact) mass is 444 g/mol. The van der Waals surface area contributed by atoms with E-state index in [2.05, 4.69) is 0 Å². The molecule has 0 atom stereocenters. The lowest BCUT2D eigenvalue weighted by Gasteiger charge is -2.32. The predicted octanol–water partition coefficient (Wildman–Crippen LogP) is 7.26. The van der Waals surface area contributed by atoms with Gasteiger partial charge in [-0.25, -0.2) is 0 Å². The first-order chi connectivity index (χ1) is 15.8. The smallest absolute Gasteiger partial charge is 0.189 e. The fourth-order valence-electron chi connectivity index (χ4n) is 5.82. The van der Waals surface area contributed by atoms with Crippen LogP contribution in [0.2, 0.25) is 0 Å². The molecule has 180 valence electrons. The molecule has 0 amide bonds. The SMILES string of the molecule is c1ccc(OCOC2CCC(CCC3CCC(OCOC4CCCCC4)CC3)CC2)cc1. The molecule has 3 aliphatic rings. The minimum atomic E-state index is 0.371. The highest BCUT2D eigenvalue weighted by Crippen LogP contribution is 2.35. The van der Waals surface area contributed by atoms with Crippen LogP contribution in [0.1, 0.15) is 96.3 Å². The maximum atomic E-state index is 6.05. The molecule has 0 unspecified atom stereocenters. The van der Waals surface area contributed by atoms with Crippen LogP contribution in [-0.4, -0.2) is 31.9 Å². The maximum absolute atomic E-state index is 6.05. The highest BCUT2D eigenvalue weighted by molar-refractivity contribution is 5.20. The van der Waals surface area contributed by atoms with Crippen molar-refractivity contribution in [1.82, 2.24) is 0 Å². The average Bonchev–Trinajstić information content (AvgIpc) is 2.86. The Labute approximate surface area is 195 Å². The lowest BCUT2D eigenvalue weighted by molar-refractivity contribution is -0.133. The zero-order valence-electron chi connectivity index (χ0n) is 19.9. The van der Waals surface area contributed by atoms with Crippen LogP contribution in [0.5, 0.6) is 5.75 Å². The molecule has 3 fully saturated rings. The number of ether oxygens (including phenoxy) is 4. The Balaban J connectivity index is 1.00. The van der Waals surface area contributed by atoms with E-state index in [1.54, 1.807) is 0 Å². The summed E-state index contributed by atoms with van der Waals surface area (Å²) in [6.45, 7) is 0.887. The van der Waals surface area contributed by atoms with Gasteiger partial charge in [-0.05, 0) is 88.2 Å². The molecular weight excluding hydrogens is 400 g/mol. The summed E-state index contributed by atoms with van der Waals surface area (Å²) < 4.78 is 23.7. The van der Waals surface area contributed by atoms with Crippen molar-refractivity contribution in [2.24, 2.45) is 11.8 Å². The highest BCUT2D eigenvalue weighted by atomic mass is 16.7. The lowest BCUT2D eigenvalue weighted by atomic mass is 9.79. The van der Waals surface area contributed by atoms with Crippen molar-refractivity contribution in [2.45, 2.75) is 115 Å². The predicted molar refractivity (Wildman–Crippen MR) is 128 cm³/mol. The van der Waals surface area contributed by atoms with Crippen LogP contribution >= 0.6 is 0 Å². The summed E-state index contributed by atoms with van der Waals surface area (Å²) in [5.41, 5.74) is 0. The Morgan fingerprint density at radius 3 is 1.59 bits per heavy atom. The molecule has 3 aliphatic carbocycles. The van der Waals surface area contributed by atoms with Crippen LogP contribution < -0.4 is 4.74 Å². The second kappa shape index (κ2) is 13.6. The van der Waals surface area contributed by atoms with Crippen molar-refractivity contribution in [3.8, 4) is 5.75 Å². The summed E-state index contributed by atoms with van der Waals surface area (Å²) in [4.78, 5) is 0. The van der Waals surface area contributed by atoms with E-state index >= 15 is 0 Å². The first-order valence-electron chi connectivity index (χ1n) is 13.4. The molecular formula is C28H44O4. The van der Waals surface area contributed by atoms with Gasteiger partial charge in [-0.2, -0.15) is 0 Å². The molecule has 4 nitrogen and oxygen atoms in total. The Morgan fingerprint density at radius 1 is 0.531 bits per heavy atom. The van der Waals surface area contributed by atoms with Gasteiger partial charge in [-0.15, -0.1) is 0 Å². The van der Waals surface area contributed by atoms with Crippen molar-refractivity contribution in [3.05, 3.63) is 30.3 Å². The molecule has 32 heavy (non-hydrogen) atoms. The Morgan fingerprint density at radius 2 is 1.03 bits per heavy atom. The van der Waals surface area contributed by atoms with Gasteiger partial charge in [-0.1, -0.05) is 50.3 Å². The van der Waals surface area contributed by atoms with Gasteiger partial charge in [0, 0.05) is 0 Å². The number of hydrogen-bond donors (Lipinski definition) is 0. The molecule has 0 heterocycles. The van der Waals surface area contributed by atoms with E-state index in [0.29, 0.717) is 31.9 Å². The second-order valence-electron chi connectivity index (χ2n) is 10.3. The summed E-state index contributed by atoms with van der Waals surface area (Å²) in [7, 11) is 0. The van der Waals surface area contributed by atoms with Gasteiger partial charge < -0.3 is 18.9 Å². The quantitative estimate of drug-likeness (QED) is 0.337. The van der Waals surface area contributed by atoms with Crippen LogP contribution in [0.15, 0.2) is 30.3 Å². The molecule has 0 aromatic heterocycles. The Bertz CT molecular complexity index is 599. The molecule has 0 N–H and O–H groups in total. The van der Waals surface area contributed by atoms with Crippen molar-refractivity contribution >= 4 is 0 Å². The van der Waals surface area contributed by atoms with E-state index in [-0.39, 0.29) is 0 Å². The Hall–Kier alpha value is -1.10. The third-order valence-corrected chi connectivity index (χ3v) is 8.00. The minimum absolute atomic E-state index is 0.371. The van der Waals surface area contributed by atoms with Gasteiger partial charge >= 0.3 is 0 Å². The van der Waals surface area contributed by atoms with Gasteiger partial charge in [0.15, 0.2) is 6.79 Å². The number of rotatable bonds is 11. The molecule has 0 radical (unpaired) electrons. The third kappa shape index (κ3) is 8.35. The summed E-state index contributed by atoms with van der Waals surface area (Å²) >= 11 is 0. The normalized spacial score (nSPS) is 29.6.